The van der Waals surface area contributed by atoms with Crippen LogP contribution in [0.5, 0.6) is 0 Å². The molecule has 0 aliphatic carbocycles. The number of likely N-dealkylation sites (tertiary alicyclic amines) is 2. The number of hydrogen-bond donors (Lipinski definition) is 1. The standard InChI is InChI=1S/C20H29N3O4/c1-14-3-8-23(9-4-14)20(26)16-5-10-22(11-6-16)19(25)15(2)21-18(24)17-7-12-27-13-17/h7,12-16H,3-6,8-11H2,1-2H3,(H,21,24). The molecule has 2 aliphatic rings. The molecule has 0 spiro atoms. The zero-order valence-corrected chi connectivity index (χ0v) is 16.1. The van der Waals surface area contributed by atoms with Gasteiger partial charge in [-0.3, -0.25) is 14.4 Å². The summed E-state index contributed by atoms with van der Waals surface area (Å²) in [4.78, 5) is 41.1. The molecule has 7 nitrogen and oxygen atoms in total. The van der Waals surface area contributed by atoms with Crippen molar-refractivity contribution in [1.29, 1.82) is 0 Å². The Hall–Kier alpha value is -2.31. The van der Waals surface area contributed by atoms with Gasteiger partial charge in [-0.15, -0.1) is 0 Å². The molecule has 2 fully saturated rings. The molecular formula is C20H29N3O4. The van der Waals surface area contributed by atoms with Crippen LogP contribution in [0.4, 0.5) is 0 Å². The van der Waals surface area contributed by atoms with Crippen LogP contribution in [-0.4, -0.2) is 59.7 Å². The third kappa shape index (κ3) is 4.70. The molecule has 0 aromatic carbocycles. The van der Waals surface area contributed by atoms with Crippen molar-refractivity contribution in [3.63, 3.8) is 0 Å². The van der Waals surface area contributed by atoms with E-state index in [1.165, 1.54) is 12.5 Å². The van der Waals surface area contributed by atoms with E-state index in [1.807, 2.05) is 4.90 Å². The molecule has 1 N–H and O–H groups in total. The van der Waals surface area contributed by atoms with E-state index in [9.17, 15) is 14.4 Å². The van der Waals surface area contributed by atoms with Crippen molar-refractivity contribution in [2.45, 2.75) is 45.6 Å². The molecule has 0 radical (unpaired) electrons. The minimum Gasteiger partial charge on any atom is -0.472 e. The molecule has 2 aliphatic heterocycles. The zero-order chi connectivity index (χ0) is 19.4. The second kappa shape index (κ2) is 8.59. The van der Waals surface area contributed by atoms with Gasteiger partial charge in [-0.2, -0.15) is 0 Å². The summed E-state index contributed by atoms with van der Waals surface area (Å²) in [5.41, 5.74) is 0.398. The number of rotatable bonds is 4. The highest BCUT2D eigenvalue weighted by Gasteiger charge is 2.32. The summed E-state index contributed by atoms with van der Waals surface area (Å²) in [6.45, 7) is 6.76. The molecule has 3 heterocycles. The number of furan rings is 1. The lowest BCUT2D eigenvalue weighted by molar-refractivity contribution is -0.142. The van der Waals surface area contributed by atoms with Gasteiger partial charge in [-0.05, 0) is 44.6 Å². The Kier molecular flexibility index (Phi) is 6.19. The van der Waals surface area contributed by atoms with E-state index >= 15 is 0 Å². The number of carbonyl (C=O) groups is 3. The lowest BCUT2D eigenvalue weighted by Crippen LogP contribution is -2.51. The first kappa shape index (κ1) is 19.5. The molecule has 1 aromatic rings. The van der Waals surface area contributed by atoms with Crippen LogP contribution in [0, 0.1) is 11.8 Å². The summed E-state index contributed by atoms with van der Waals surface area (Å²) in [5, 5.41) is 2.70. The topological polar surface area (TPSA) is 82.9 Å². The summed E-state index contributed by atoms with van der Waals surface area (Å²) in [5.74, 6) is 0.527. The maximum atomic E-state index is 12.7. The molecule has 1 aromatic heterocycles. The number of amides is 3. The van der Waals surface area contributed by atoms with E-state index in [2.05, 4.69) is 12.2 Å². The van der Waals surface area contributed by atoms with Crippen LogP contribution in [0.15, 0.2) is 23.0 Å². The van der Waals surface area contributed by atoms with Gasteiger partial charge < -0.3 is 19.5 Å². The second-order valence-electron chi connectivity index (χ2n) is 7.81. The number of nitrogens with one attached hydrogen (secondary N) is 1. The predicted molar refractivity (Wildman–Crippen MR) is 99.9 cm³/mol. The second-order valence-corrected chi connectivity index (χ2v) is 7.81. The number of hydrogen-bond acceptors (Lipinski definition) is 4. The van der Waals surface area contributed by atoms with Crippen LogP contribution in [0.3, 0.4) is 0 Å². The lowest BCUT2D eigenvalue weighted by atomic mass is 9.92. The molecule has 1 unspecified atom stereocenters. The molecule has 2 saturated heterocycles. The molecule has 1 atom stereocenters. The Labute approximate surface area is 160 Å². The van der Waals surface area contributed by atoms with Crippen molar-refractivity contribution in [3.05, 3.63) is 24.2 Å². The Bertz CT molecular complexity index is 657. The third-order valence-electron chi connectivity index (χ3n) is 5.75. The van der Waals surface area contributed by atoms with Crippen LogP contribution in [0.1, 0.15) is 49.9 Å². The van der Waals surface area contributed by atoms with E-state index in [0.717, 1.165) is 25.9 Å². The fourth-order valence-electron chi connectivity index (χ4n) is 3.84. The lowest BCUT2D eigenvalue weighted by Gasteiger charge is -2.37. The number of carbonyl (C=O) groups excluding carboxylic acids is 3. The van der Waals surface area contributed by atoms with E-state index in [-0.39, 0.29) is 23.6 Å². The summed E-state index contributed by atoms with van der Waals surface area (Å²) >= 11 is 0. The zero-order valence-electron chi connectivity index (χ0n) is 16.1. The average Bonchev–Trinajstić information content (AvgIpc) is 3.22. The number of nitrogens with zero attached hydrogens (tertiary/aromatic N) is 2. The summed E-state index contributed by atoms with van der Waals surface area (Å²) < 4.78 is 4.89. The molecular weight excluding hydrogens is 346 g/mol. The first-order valence-corrected chi connectivity index (χ1v) is 9.86. The van der Waals surface area contributed by atoms with Gasteiger partial charge in [-0.1, -0.05) is 6.92 Å². The van der Waals surface area contributed by atoms with Gasteiger partial charge in [-0.25, -0.2) is 0 Å². The highest BCUT2D eigenvalue weighted by atomic mass is 16.3. The van der Waals surface area contributed by atoms with Gasteiger partial charge in [0.25, 0.3) is 5.91 Å². The van der Waals surface area contributed by atoms with Gasteiger partial charge in [0.15, 0.2) is 0 Å². The van der Waals surface area contributed by atoms with Crippen molar-refractivity contribution in [2.75, 3.05) is 26.2 Å². The monoisotopic (exact) mass is 375 g/mol. The van der Waals surface area contributed by atoms with Gasteiger partial charge in [0.1, 0.15) is 12.3 Å². The molecule has 3 rings (SSSR count). The van der Waals surface area contributed by atoms with Crippen LogP contribution in [0.2, 0.25) is 0 Å². The van der Waals surface area contributed by atoms with Crippen LogP contribution in [-0.2, 0) is 9.59 Å². The average molecular weight is 375 g/mol. The third-order valence-corrected chi connectivity index (χ3v) is 5.75. The quantitative estimate of drug-likeness (QED) is 0.871. The van der Waals surface area contributed by atoms with Crippen molar-refractivity contribution in [1.82, 2.24) is 15.1 Å². The summed E-state index contributed by atoms with van der Waals surface area (Å²) in [6, 6.07) is 0.952. The maximum Gasteiger partial charge on any atom is 0.255 e. The Balaban J connectivity index is 1.46. The van der Waals surface area contributed by atoms with Gasteiger partial charge in [0.05, 0.1) is 11.8 Å². The molecule has 27 heavy (non-hydrogen) atoms. The van der Waals surface area contributed by atoms with Gasteiger partial charge in [0, 0.05) is 32.1 Å². The normalized spacial score (nSPS) is 20.4. The maximum absolute atomic E-state index is 12.7. The first-order valence-electron chi connectivity index (χ1n) is 9.86. The predicted octanol–water partition coefficient (Wildman–Crippen LogP) is 1.89. The van der Waals surface area contributed by atoms with Gasteiger partial charge >= 0.3 is 0 Å². The number of piperidine rings is 2. The fraction of sp³-hybridized carbons (Fsp3) is 0.650. The molecule has 148 valence electrons. The SMILES string of the molecule is CC1CCN(C(=O)C2CCN(C(=O)C(C)NC(=O)c3ccoc3)CC2)CC1. The van der Waals surface area contributed by atoms with Crippen molar-refractivity contribution < 1.29 is 18.8 Å². The summed E-state index contributed by atoms with van der Waals surface area (Å²) in [6.07, 6.45) is 6.32. The van der Waals surface area contributed by atoms with E-state index < -0.39 is 6.04 Å². The van der Waals surface area contributed by atoms with E-state index in [1.54, 1.807) is 17.9 Å². The highest BCUT2D eigenvalue weighted by molar-refractivity contribution is 5.97. The molecule has 3 amide bonds. The minimum absolute atomic E-state index is 0.0123. The molecule has 0 bridgehead atoms. The van der Waals surface area contributed by atoms with Crippen LogP contribution >= 0.6 is 0 Å². The van der Waals surface area contributed by atoms with E-state index in [0.29, 0.717) is 37.4 Å². The smallest absolute Gasteiger partial charge is 0.255 e. The van der Waals surface area contributed by atoms with Gasteiger partial charge in [0.2, 0.25) is 11.8 Å². The Morgan fingerprint density at radius 3 is 2.30 bits per heavy atom. The van der Waals surface area contributed by atoms with Crippen molar-refractivity contribution in [3.8, 4) is 0 Å². The largest absolute Gasteiger partial charge is 0.472 e. The molecule has 0 saturated carbocycles. The Morgan fingerprint density at radius 1 is 1.07 bits per heavy atom. The summed E-state index contributed by atoms with van der Waals surface area (Å²) in [7, 11) is 0. The fourth-order valence-corrected chi connectivity index (χ4v) is 3.84. The Morgan fingerprint density at radius 2 is 1.70 bits per heavy atom. The van der Waals surface area contributed by atoms with E-state index in [4.69, 9.17) is 4.42 Å². The van der Waals surface area contributed by atoms with Crippen LogP contribution in [0.25, 0.3) is 0 Å². The highest BCUT2D eigenvalue weighted by Crippen LogP contribution is 2.24. The molecule has 7 heteroatoms. The minimum atomic E-state index is -0.608. The van der Waals surface area contributed by atoms with Crippen LogP contribution < -0.4 is 5.32 Å². The van der Waals surface area contributed by atoms with Crippen molar-refractivity contribution >= 4 is 17.7 Å². The van der Waals surface area contributed by atoms with Crippen molar-refractivity contribution in [2.24, 2.45) is 11.8 Å². The first-order chi connectivity index (χ1) is 13.0.